The van der Waals surface area contributed by atoms with Gasteiger partial charge in [0.15, 0.2) is 0 Å². The maximum atomic E-state index is 10.7. The molecule has 2 rings (SSSR count). The van der Waals surface area contributed by atoms with E-state index in [2.05, 4.69) is 6.07 Å². The Balaban J connectivity index is 2.18. The maximum absolute atomic E-state index is 10.7. The first kappa shape index (κ1) is 12.4. The molecule has 18 heavy (non-hydrogen) atoms. The van der Waals surface area contributed by atoms with Gasteiger partial charge in [-0.05, 0) is 18.6 Å². The van der Waals surface area contributed by atoms with Gasteiger partial charge >= 0.3 is 5.97 Å². The predicted molar refractivity (Wildman–Crippen MR) is 65.2 cm³/mol. The molecule has 1 heterocycles. The Labute approximate surface area is 105 Å². The number of aliphatic carboxylic acids is 1. The topological polar surface area (TPSA) is 84.6 Å². The molecule has 1 fully saturated rings. The van der Waals surface area contributed by atoms with Crippen molar-refractivity contribution in [2.24, 2.45) is 0 Å². The molecule has 0 saturated carbocycles. The van der Waals surface area contributed by atoms with Gasteiger partial charge in [-0.3, -0.25) is 4.79 Å². The van der Waals surface area contributed by atoms with Crippen molar-refractivity contribution < 1.29 is 15.0 Å². The van der Waals surface area contributed by atoms with Crippen LogP contribution < -0.4 is 4.90 Å². The molecule has 0 bridgehead atoms. The summed E-state index contributed by atoms with van der Waals surface area (Å²) >= 11 is 0. The average molecular weight is 246 g/mol. The molecule has 0 spiro atoms. The van der Waals surface area contributed by atoms with Crippen molar-refractivity contribution in [1.29, 1.82) is 5.26 Å². The zero-order chi connectivity index (χ0) is 13.2. The van der Waals surface area contributed by atoms with E-state index in [0.717, 1.165) is 5.69 Å². The summed E-state index contributed by atoms with van der Waals surface area (Å²) < 4.78 is 0. The lowest BCUT2D eigenvalue weighted by molar-refractivity contribution is -0.141. The standard InChI is InChI=1S/C13H14N2O3/c14-8-10-3-1-2-4-11(10)15-6-5-13(18,9-15)7-12(16)17/h1-4,18H,5-7,9H2,(H,16,17). The van der Waals surface area contributed by atoms with E-state index in [4.69, 9.17) is 10.4 Å². The fourth-order valence-corrected chi connectivity index (χ4v) is 2.33. The molecule has 5 nitrogen and oxygen atoms in total. The Morgan fingerprint density at radius 3 is 2.89 bits per heavy atom. The molecule has 0 aliphatic carbocycles. The first-order valence-corrected chi connectivity index (χ1v) is 5.72. The van der Waals surface area contributed by atoms with Crippen LogP contribution in [0.1, 0.15) is 18.4 Å². The molecule has 94 valence electrons. The van der Waals surface area contributed by atoms with Crippen LogP contribution in [-0.2, 0) is 4.79 Å². The largest absolute Gasteiger partial charge is 0.481 e. The van der Waals surface area contributed by atoms with Crippen LogP contribution in [0.3, 0.4) is 0 Å². The van der Waals surface area contributed by atoms with Gasteiger partial charge in [-0.15, -0.1) is 0 Å². The third kappa shape index (κ3) is 2.44. The second-order valence-corrected chi connectivity index (χ2v) is 4.60. The predicted octanol–water partition coefficient (Wildman–Crippen LogP) is 0.974. The van der Waals surface area contributed by atoms with Gasteiger partial charge in [0.2, 0.25) is 0 Å². The average Bonchev–Trinajstić information content (AvgIpc) is 2.70. The summed E-state index contributed by atoms with van der Waals surface area (Å²) in [5, 5.41) is 27.9. The van der Waals surface area contributed by atoms with Crippen molar-refractivity contribution in [2.45, 2.75) is 18.4 Å². The molecule has 1 atom stereocenters. The van der Waals surface area contributed by atoms with Crippen molar-refractivity contribution in [2.75, 3.05) is 18.0 Å². The van der Waals surface area contributed by atoms with E-state index >= 15 is 0 Å². The fourth-order valence-electron chi connectivity index (χ4n) is 2.33. The third-order valence-electron chi connectivity index (χ3n) is 3.18. The molecule has 0 aromatic heterocycles. The van der Waals surface area contributed by atoms with Gasteiger partial charge in [-0.1, -0.05) is 12.1 Å². The fraction of sp³-hybridized carbons (Fsp3) is 0.385. The van der Waals surface area contributed by atoms with Crippen LogP contribution in [0.25, 0.3) is 0 Å². The molecule has 1 aliphatic rings. The van der Waals surface area contributed by atoms with Crippen molar-refractivity contribution in [3.05, 3.63) is 29.8 Å². The number of carboxylic acids is 1. The minimum absolute atomic E-state index is 0.248. The first-order valence-electron chi connectivity index (χ1n) is 5.72. The number of anilines is 1. The number of nitrogens with zero attached hydrogens (tertiary/aromatic N) is 2. The molecule has 0 radical (unpaired) electrons. The third-order valence-corrected chi connectivity index (χ3v) is 3.18. The highest BCUT2D eigenvalue weighted by Crippen LogP contribution is 2.30. The molecule has 1 saturated heterocycles. The van der Waals surface area contributed by atoms with Crippen LogP contribution in [0.5, 0.6) is 0 Å². The van der Waals surface area contributed by atoms with Gasteiger partial charge in [-0.25, -0.2) is 0 Å². The zero-order valence-electron chi connectivity index (χ0n) is 9.83. The van der Waals surface area contributed by atoms with Crippen molar-refractivity contribution in [3.8, 4) is 6.07 Å². The van der Waals surface area contributed by atoms with Gasteiger partial charge in [-0.2, -0.15) is 5.26 Å². The van der Waals surface area contributed by atoms with E-state index in [9.17, 15) is 9.90 Å². The number of benzene rings is 1. The van der Waals surface area contributed by atoms with Crippen LogP contribution in [0, 0.1) is 11.3 Å². The lowest BCUT2D eigenvalue weighted by Gasteiger charge is -2.23. The smallest absolute Gasteiger partial charge is 0.306 e. The highest BCUT2D eigenvalue weighted by molar-refractivity contribution is 5.69. The van der Waals surface area contributed by atoms with Crippen LogP contribution >= 0.6 is 0 Å². The molecule has 0 amide bonds. The second kappa shape index (κ2) is 4.67. The Hall–Kier alpha value is -2.06. The van der Waals surface area contributed by atoms with Crippen molar-refractivity contribution in [1.82, 2.24) is 0 Å². The second-order valence-electron chi connectivity index (χ2n) is 4.60. The van der Waals surface area contributed by atoms with Gasteiger partial charge in [0.25, 0.3) is 0 Å². The number of carbonyl (C=O) groups is 1. The molecule has 1 aliphatic heterocycles. The number of hydrogen-bond acceptors (Lipinski definition) is 4. The van der Waals surface area contributed by atoms with Gasteiger partial charge < -0.3 is 15.1 Å². The quantitative estimate of drug-likeness (QED) is 0.830. The summed E-state index contributed by atoms with van der Waals surface area (Å²) in [5.41, 5.74) is 0.0902. The summed E-state index contributed by atoms with van der Waals surface area (Å²) in [5.74, 6) is -1.01. The van der Waals surface area contributed by atoms with Gasteiger partial charge in [0, 0.05) is 13.1 Å². The van der Waals surface area contributed by atoms with Crippen LogP contribution in [0.2, 0.25) is 0 Å². The first-order chi connectivity index (χ1) is 8.54. The summed E-state index contributed by atoms with van der Waals surface area (Å²) in [6, 6.07) is 9.23. The van der Waals surface area contributed by atoms with E-state index in [1.165, 1.54) is 0 Å². The molecule has 5 heteroatoms. The molecule has 1 aromatic rings. The number of rotatable bonds is 3. The number of β-amino-alcohol motifs (C(OH)–C–C–N with tert-alkyl or cyclic N) is 1. The Morgan fingerprint density at radius 2 is 2.22 bits per heavy atom. The number of para-hydroxylation sites is 1. The normalized spacial score (nSPS) is 22.8. The van der Waals surface area contributed by atoms with E-state index in [1.54, 1.807) is 12.1 Å². The minimum Gasteiger partial charge on any atom is -0.481 e. The van der Waals surface area contributed by atoms with Crippen LogP contribution in [0.4, 0.5) is 5.69 Å². The maximum Gasteiger partial charge on any atom is 0.306 e. The number of nitriles is 1. The molecule has 1 unspecified atom stereocenters. The molecular weight excluding hydrogens is 232 g/mol. The molecule has 2 N–H and O–H groups in total. The summed E-state index contributed by atoms with van der Waals surface area (Å²) in [6.45, 7) is 0.806. The Kier molecular flexibility index (Phi) is 3.21. The van der Waals surface area contributed by atoms with Gasteiger partial charge in [0.1, 0.15) is 6.07 Å². The number of aliphatic hydroxyl groups is 1. The summed E-state index contributed by atoms with van der Waals surface area (Å²) in [6.07, 6.45) is 0.136. The zero-order valence-corrected chi connectivity index (χ0v) is 9.83. The van der Waals surface area contributed by atoms with E-state index in [0.29, 0.717) is 18.5 Å². The Morgan fingerprint density at radius 1 is 1.50 bits per heavy atom. The number of hydrogen-bond donors (Lipinski definition) is 2. The van der Waals surface area contributed by atoms with E-state index in [1.807, 2.05) is 17.0 Å². The highest BCUT2D eigenvalue weighted by Gasteiger charge is 2.38. The number of carboxylic acid groups (broad SMARTS) is 1. The molecular formula is C13H14N2O3. The Bertz CT molecular complexity index is 509. The van der Waals surface area contributed by atoms with E-state index in [-0.39, 0.29) is 13.0 Å². The van der Waals surface area contributed by atoms with E-state index < -0.39 is 11.6 Å². The van der Waals surface area contributed by atoms with Crippen LogP contribution in [-0.4, -0.2) is 34.9 Å². The lowest BCUT2D eigenvalue weighted by atomic mass is 9.99. The highest BCUT2D eigenvalue weighted by atomic mass is 16.4. The van der Waals surface area contributed by atoms with Gasteiger partial charge in [0.05, 0.1) is 23.3 Å². The van der Waals surface area contributed by atoms with Crippen molar-refractivity contribution >= 4 is 11.7 Å². The van der Waals surface area contributed by atoms with Crippen LogP contribution in [0.15, 0.2) is 24.3 Å². The summed E-state index contributed by atoms with van der Waals surface area (Å²) in [4.78, 5) is 12.6. The monoisotopic (exact) mass is 246 g/mol. The molecule has 1 aromatic carbocycles. The minimum atomic E-state index is -1.20. The summed E-state index contributed by atoms with van der Waals surface area (Å²) in [7, 11) is 0. The lowest BCUT2D eigenvalue weighted by Crippen LogP contribution is -2.35. The SMILES string of the molecule is N#Cc1ccccc1N1CCC(O)(CC(=O)O)C1. The van der Waals surface area contributed by atoms with Crippen molar-refractivity contribution in [3.63, 3.8) is 0 Å².